The number of rotatable bonds is 4. The highest BCUT2D eigenvalue weighted by Gasteiger charge is 2.37. The molecule has 4 rings (SSSR count). The summed E-state index contributed by atoms with van der Waals surface area (Å²) < 4.78 is 7.40. The van der Waals surface area contributed by atoms with Crippen molar-refractivity contribution in [3.05, 3.63) is 46.3 Å². The third-order valence-corrected chi connectivity index (χ3v) is 6.81. The van der Waals surface area contributed by atoms with Crippen molar-refractivity contribution < 1.29 is 9.53 Å². The van der Waals surface area contributed by atoms with Gasteiger partial charge >= 0.3 is 0 Å². The zero-order valence-corrected chi connectivity index (χ0v) is 17.9. The van der Waals surface area contributed by atoms with Crippen LogP contribution in [0.25, 0.3) is 0 Å². The minimum atomic E-state index is -0.123. The van der Waals surface area contributed by atoms with Crippen LogP contribution in [0.1, 0.15) is 66.2 Å². The lowest BCUT2D eigenvalue weighted by Gasteiger charge is -2.29. The Labute approximate surface area is 173 Å². The molecule has 1 amide bonds. The van der Waals surface area contributed by atoms with Crippen LogP contribution in [0.2, 0.25) is 0 Å². The predicted octanol–water partition coefficient (Wildman–Crippen LogP) is 3.25. The maximum absolute atomic E-state index is 13.3. The van der Waals surface area contributed by atoms with Crippen molar-refractivity contribution in [3.63, 3.8) is 0 Å². The second-order valence-corrected chi connectivity index (χ2v) is 8.56. The van der Waals surface area contributed by atoms with E-state index in [2.05, 4.69) is 19.9 Å². The summed E-state index contributed by atoms with van der Waals surface area (Å²) in [5, 5.41) is 4.82. The molecule has 6 heteroatoms. The zero-order chi connectivity index (χ0) is 20.7. The molecule has 0 spiro atoms. The van der Waals surface area contributed by atoms with E-state index in [1.165, 1.54) is 24.1 Å². The summed E-state index contributed by atoms with van der Waals surface area (Å²) in [5.41, 5.74) is 12.3. The van der Waals surface area contributed by atoms with E-state index >= 15 is 0 Å². The molecule has 0 bridgehead atoms. The molecule has 2 heterocycles. The lowest BCUT2D eigenvalue weighted by Crippen LogP contribution is -2.38. The third-order valence-electron chi connectivity index (χ3n) is 6.81. The molecule has 1 aromatic carbocycles. The molecule has 2 aliphatic rings. The van der Waals surface area contributed by atoms with E-state index in [1.807, 2.05) is 28.6 Å². The second kappa shape index (κ2) is 7.82. The summed E-state index contributed by atoms with van der Waals surface area (Å²) in [5.74, 6) is 1.39. The summed E-state index contributed by atoms with van der Waals surface area (Å²) in [6.45, 7) is 7.32. The minimum Gasteiger partial charge on any atom is -0.496 e. The van der Waals surface area contributed by atoms with Gasteiger partial charge in [0.15, 0.2) is 0 Å². The van der Waals surface area contributed by atoms with Gasteiger partial charge in [0, 0.05) is 24.2 Å². The first-order valence-corrected chi connectivity index (χ1v) is 10.7. The number of amides is 1. The number of ether oxygens (including phenoxy) is 1. The highest BCUT2D eigenvalue weighted by atomic mass is 16.5. The summed E-state index contributed by atoms with van der Waals surface area (Å²) in [6.07, 6.45) is 4.25. The van der Waals surface area contributed by atoms with E-state index in [9.17, 15) is 4.79 Å². The van der Waals surface area contributed by atoms with Crippen molar-refractivity contribution in [2.45, 2.75) is 71.0 Å². The summed E-state index contributed by atoms with van der Waals surface area (Å²) in [4.78, 5) is 15.3. The molecule has 0 radical (unpaired) electrons. The summed E-state index contributed by atoms with van der Waals surface area (Å²) >= 11 is 0. The van der Waals surface area contributed by atoms with Gasteiger partial charge in [0.25, 0.3) is 0 Å². The quantitative estimate of drug-likeness (QED) is 0.861. The van der Waals surface area contributed by atoms with Crippen molar-refractivity contribution in [3.8, 4) is 5.75 Å². The molecule has 6 nitrogen and oxygen atoms in total. The maximum atomic E-state index is 13.3. The molecule has 3 atom stereocenters. The van der Waals surface area contributed by atoms with E-state index in [-0.39, 0.29) is 24.5 Å². The number of methoxy groups -OCH3 is 1. The first-order chi connectivity index (χ1) is 13.9. The smallest absolute Gasteiger partial charge is 0.244 e. The van der Waals surface area contributed by atoms with Crippen LogP contribution in [0.15, 0.2) is 18.2 Å². The van der Waals surface area contributed by atoms with Crippen LogP contribution < -0.4 is 10.5 Å². The van der Waals surface area contributed by atoms with Gasteiger partial charge in [-0.2, -0.15) is 5.10 Å². The van der Waals surface area contributed by atoms with E-state index in [1.54, 1.807) is 7.11 Å². The van der Waals surface area contributed by atoms with Crippen molar-refractivity contribution in [2.24, 2.45) is 5.73 Å². The number of benzene rings is 1. The first kappa shape index (κ1) is 20.0. The van der Waals surface area contributed by atoms with Crippen LogP contribution in [0.4, 0.5) is 0 Å². The highest BCUT2D eigenvalue weighted by Crippen LogP contribution is 2.37. The van der Waals surface area contributed by atoms with Crippen LogP contribution in [0.3, 0.4) is 0 Å². The average Bonchev–Trinajstić information content (AvgIpc) is 3.24. The SMILES string of the molecule is COc1cccc([C@@H]2[C@H](N)CCN2C(=O)Cn2nc3c(c2C)CCC[C@@H]3C)c1C. The lowest BCUT2D eigenvalue weighted by molar-refractivity contribution is -0.133. The van der Waals surface area contributed by atoms with Crippen LogP contribution >= 0.6 is 0 Å². The van der Waals surface area contributed by atoms with Crippen LogP contribution in [0, 0.1) is 13.8 Å². The van der Waals surface area contributed by atoms with E-state index in [0.29, 0.717) is 12.5 Å². The maximum Gasteiger partial charge on any atom is 0.244 e. The molecule has 1 aliphatic heterocycles. The molecular weight excluding hydrogens is 364 g/mol. The fourth-order valence-electron chi connectivity index (χ4n) is 5.07. The number of carbonyl (C=O) groups excluding carboxylic acids is 1. The van der Waals surface area contributed by atoms with E-state index in [4.69, 9.17) is 15.6 Å². The molecule has 1 saturated heterocycles. The fraction of sp³-hybridized carbons (Fsp3) is 0.565. The summed E-state index contributed by atoms with van der Waals surface area (Å²) in [6, 6.07) is 5.79. The van der Waals surface area contributed by atoms with Gasteiger partial charge in [-0.1, -0.05) is 19.1 Å². The van der Waals surface area contributed by atoms with Gasteiger partial charge in [-0.25, -0.2) is 0 Å². The number of nitrogens with zero attached hydrogens (tertiary/aromatic N) is 3. The lowest BCUT2D eigenvalue weighted by atomic mass is 9.88. The number of hydrogen-bond acceptors (Lipinski definition) is 4. The number of hydrogen-bond donors (Lipinski definition) is 1. The Morgan fingerprint density at radius 1 is 1.31 bits per heavy atom. The van der Waals surface area contributed by atoms with Gasteiger partial charge in [0.05, 0.1) is 18.8 Å². The van der Waals surface area contributed by atoms with Gasteiger partial charge in [-0.3, -0.25) is 9.48 Å². The third kappa shape index (κ3) is 3.44. The van der Waals surface area contributed by atoms with Crippen LogP contribution in [0.5, 0.6) is 5.75 Å². The molecule has 2 aromatic rings. The zero-order valence-electron chi connectivity index (χ0n) is 17.9. The van der Waals surface area contributed by atoms with Crippen molar-refractivity contribution in [1.82, 2.24) is 14.7 Å². The Balaban J connectivity index is 1.60. The molecule has 29 heavy (non-hydrogen) atoms. The topological polar surface area (TPSA) is 73.4 Å². The van der Waals surface area contributed by atoms with Crippen LogP contribution in [-0.2, 0) is 17.8 Å². The highest BCUT2D eigenvalue weighted by molar-refractivity contribution is 5.77. The molecule has 1 aliphatic carbocycles. The Hall–Kier alpha value is -2.34. The minimum absolute atomic E-state index is 0.0725. The first-order valence-electron chi connectivity index (χ1n) is 10.7. The monoisotopic (exact) mass is 396 g/mol. The van der Waals surface area contributed by atoms with Gasteiger partial charge in [-0.15, -0.1) is 0 Å². The summed E-state index contributed by atoms with van der Waals surface area (Å²) in [7, 11) is 1.67. The number of fused-ring (bicyclic) bond motifs is 1. The molecule has 0 saturated carbocycles. The van der Waals surface area contributed by atoms with Crippen molar-refractivity contribution in [1.29, 1.82) is 0 Å². The van der Waals surface area contributed by atoms with Crippen molar-refractivity contribution >= 4 is 5.91 Å². The second-order valence-electron chi connectivity index (χ2n) is 8.56. The number of aromatic nitrogens is 2. The average molecular weight is 397 g/mol. The molecule has 156 valence electrons. The van der Waals surface area contributed by atoms with Crippen molar-refractivity contribution in [2.75, 3.05) is 13.7 Å². The number of likely N-dealkylation sites (tertiary alicyclic amines) is 1. The van der Waals surface area contributed by atoms with Gasteiger partial charge < -0.3 is 15.4 Å². The fourth-order valence-corrected chi connectivity index (χ4v) is 5.07. The Morgan fingerprint density at radius 3 is 2.83 bits per heavy atom. The Bertz CT molecular complexity index is 920. The molecule has 2 N–H and O–H groups in total. The normalized spacial score (nSPS) is 23.9. The molecule has 1 aromatic heterocycles. The van der Waals surface area contributed by atoms with Gasteiger partial charge in [0.2, 0.25) is 5.91 Å². The Kier molecular flexibility index (Phi) is 5.38. The number of nitrogens with two attached hydrogens (primary N) is 1. The number of carbonyl (C=O) groups is 1. The predicted molar refractivity (Wildman–Crippen MR) is 113 cm³/mol. The van der Waals surface area contributed by atoms with Crippen LogP contribution in [-0.4, -0.2) is 40.3 Å². The largest absolute Gasteiger partial charge is 0.496 e. The Morgan fingerprint density at radius 2 is 2.10 bits per heavy atom. The molecule has 0 unspecified atom stereocenters. The molecular formula is C23H32N4O2. The standard InChI is InChI=1S/C23H32N4O2/c1-14-7-5-9-18-16(3)27(25-22(14)18)13-21(28)26-12-11-19(24)23(26)17-8-6-10-20(29-4)15(17)2/h6,8,10,14,19,23H,5,7,9,11-13,24H2,1-4H3/t14-,19+,23+/m0/s1. The van der Waals surface area contributed by atoms with E-state index < -0.39 is 0 Å². The van der Waals surface area contributed by atoms with E-state index in [0.717, 1.165) is 35.4 Å². The molecule has 1 fully saturated rings. The van der Waals surface area contributed by atoms with Gasteiger partial charge in [-0.05, 0) is 62.3 Å². The van der Waals surface area contributed by atoms with Gasteiger partial charge in [0.1, 0.15) is 12.3 Å².